The van der Waals surface area contributed by atoms with Crippen molar-refractivity contribution in [3.8, 4) is 0 Å². The predicted molar refractivity (Wildman–Crippen MR) is 100 cm³/mol. The zero-order valence-corrected chi connectivity index (χ0v) is 15.7. The van der Waals surface area contributed by atoms with Crippen molar-refractivity contribution in [2.75, 3.05) is 0 Å². The van der Waals surface area contributed by atoms with E-state index in [0.29, 0.717) is 18.6 Å². The minimum Gasteiger partial charge on any atom is -0.481 e. The van der Waals surface area contributed by atoms with Crippen LogP contribution in [0.3, 0.4) is 0 Å². The van der Waals surface area contributed by atoms with Crippen LogP contribution in [0.4, 0.5) is 0 Å². The third-order valence-corrected chi connectivity index (χ3v) is 4.78. The van der Waals surface area contributed by atoms with E-state index < -0.39 is 5.97 Å². The first-order valence-electron chi connectivity index (χ1n) is 10.3. The van der Waals surface area contributed by atoms with Gasteiger partial charge < -0.3 is 9.84 Å². The van der Waals surface area contributed by atoms with Crippen molar-refractivity contribution in [1.29, 1.82) is 0 Å². The molecule has 1 aliphatic heterocycles. The Balaban J connectivity index is 1.71. The van der Waals surface area contributed by atoms with E-state index in [2.05, 4.69) is 19.1 Å². The van der Waals surface area contributed by atoms with E-state index in [1.165, 1.54) is 77.0 Å². The van der Waals surface area contributed by atoms with Crippen molar-refractivity contribution in [1.82, 2.24) is 0 Å². The Morgan fingerprint density at radius 1 is 0.917 bits per heavy atom. The third kappa shape index (κ3) is 12.6. The second-order valence-corrected chi connectivity index (χ2v) is 7.18. The van der Waals surface area contributed by atoms with Gasteiger partial charge in [-0.15, -0.1) is 0 Å². The number of ether oxygens (including phenoxy) is 1. The van der Waals surface area contributed by atoms with Crippen LogP contribution in [-0.2, 0) is 9.53 Å². The quantitative estimate of drug-likeness (QED) is 0.193. The standard InChI is InChI=1S/C21H38O3/c1-2-16-19-20(24-19)17-14-12-10-8-6-4-3-5-7-9-11-13-15-18-21(22)23/h14,17,19-20H,2-13,15-16,18H2,1H3,(H,22,23). The van der Waals surface area contributed by atoms with Crippen LogP contribution in [0.25, 0.3) is 0 Å². The Kier molecular flexibility index (Phi) is 12.8. The van der Waals surface area contributed by atoms with Crippen LogP contribution in [-0.4, -0.2) is 23.3 Å². The Morgan fingerprint density at radius 3 is 2.00 bits per heavy atom. The summed E-state index contributed by atoms with van der Waals surface area (Å²) in [7, 11) is 0. The zero-order chi connectivity index (χ0) is 17.5. The predicted octanol–water partition coefficient (Wildman–Crippen LogP) is 6.27. The number of hydrogen-bond acceptors (Lipinski definition) is 2. The van der Waals surface area contributed by atoms with E-state index in [1.54, 1.807) is 0 Å². The van der Waals surface area contributed by atoms with Gasteiger partial charge in [-0.1, -0.05) is 83.3 Å². The molecule has 2 atom stereocenters. The number of rotatable bonds is 17. The summed E-state index contributed by atoms with van der Waals surface area (Å²) in [6, 6.07) is 0. The smallest absolute Gasteiger partial charge is 0.303 e. The molecule has 2 unspecified atom stereocenters. The maximum atomic E-state index is 10.4. The first-order valence-corrected chi connectivity index (χ1v) is 10.3. The molecule has 0 aromatic carbocycles. The molecule has 1 saturated heterocycles. The van der Waals surface area contributed by atoms with E-state index in [9.17, 15) is 4.79 Å². The average molecular weight is 339 g/mol. The minimum atomic E-state index is -0.660. The highest BCUT2D eigenvalue weighted by Crippen LogP contribution is 2.27. The lowest BCUT2D eigenvalue weighted by molar-refractivity contribution is -0.137. The monoisotopic (exact) mass is 338 g/mol. The highest BCUT2D eigenvalue weighted by Gasteiger charge is 2.34. The lowest BCUT2D eigenvalue weighted by atomic mass is 10.0. The van der Waals surface area contributed by atoms with Gasteiger partial charge in [0.05, 0.1) is 6.10 Å². The van der Waals surface area contributed by atoms with Gasteiger partial charge in [0, 0.05) is 6.42 Å². The van der Waals surface area contributed by atoms with Gasteiger partial charge in [0.1, 0.15) is 6.10 Å². The molecular formula is C21H38O3. The van der Waals surface area contributed by atoms with E-state index >= 15 is 0 Å². The summed E-state index contributed by atoms with van der Waals surface area (Å²) >= 11 is 0. The fraction of sp³-hybridized carbons (Fsp3) is 0.857. The molecule has 3 nitrogen and oxygen atoms in total. The summed E-state index contributed by atoms with van der Waals surface area (Å²) in [5.41, 5.74) is 0. The lowest BCUT2D eigenvalue weighted by Crippen LogP contribution is -1.93. The number of aliphatic carboxylic acids is 1. The average Bonchev–Trinajstić information content (AvgIpc) is 3.29. The molecule has 1 heterocycles. The van der Waals surface area contributed by atoms with E-state index in [1.807, 2.05) is 0 Å². The summed E-state index contributed by atoms with van der Waals surface area (Å²) < 4.78 is 5.57. The van der Waals surface area contributed by atoms with Crippen LogP contribution in [0, 0.1) is 0 Å². The van der Waals surface area contributed by atoms with Crippen molar-refractivity contribution in [3.63, 3.8) is 0 Å². The largest absolute Gasteiger partial charge is 0.481 e. The van der Waals surface area contributed by atoms with Gasteiger partial charge >= 0.3 is 5.97 Å². The second kappa shape index (κ2) is 14.5. The van der Waals surface area contributed by atoms with Crippen molar-refractivity contribution in [2.24, 2.45) is 0 Å². The summed E-state index contributed by atoms with van der Waals surface area (Å²) in [4.78, 5) is 10.4. The molecule has 24 heavy (non-hydrogen) atoms. The van der Waals surface area contributed by atoms with Crippen LogP contribution >= 0.6 is 0 Å². The van der Waals surface area contributed by atoms with Gasteiger partial charge in [0.15, 0.2) is 0 Å². The molecule has 0 saturated carbocycles. The number of carboxylic acids is 1. The van der Waals surface area contributed by atoms with Crippen LogP contribution in [0.1, 0.15) is 103 Å². The highest BCUT2D eigenvalue weighted by molar-refractivity contribution is 5.66. The molecule has 0 bridgehead atoms. The third-order valence-electron chi connectivity index (χ3n) is 4.78. The molecule has 0 radical (unpaired) electrons. The molecule has 3 heteroatoms. The SMILES string of the molecule is CCCC1OC1C=CCCCCCCCCCCCCCC(=O)O. The Hall–Kier alpha value is -0.830. The van der Waals surface area contributed by atoms with E-state index in [0.717, 1.165) is 12.8 Å². The topological polar surface area (TPSA) is 49.8 Å². The number of allylic oxidation sites excluding steroid dienone is 1. The lowest BCUT2D eigenvalue weighted by Gasteiger charge is -2.02. The van der Waals surface area contributed by atoms with Crippen molar-refractivity contribution in [2.45, 2.75) is 115 Å². The normalized spacial score (nSPS) is 19.9. The fourth-order valence-electron chi connectivity index (χ4n) is 3.20. The van der Waals surface area contributed by atoms with Gasteiger partial charge in [-0.3, -0.25) is 4.79 Å². The Labute approximate surface area is 148 Å². The number of unbranched alkanes of at least 4 members (excludes halogenated alkanes) is 11. The first kappa shape index (κ1) is 21.2. The molecule has 0 aromatic rings. The van der Waals surface area contributed by atoms with E-state index in [-0.39, 0.29) is 0 Å². The Morgan fingerprint density at radius 2 is 1.46 bits per heavy atom. The number of carboxylic acid groups (broad SMARTS) is 1. The van der Waals surface area contributed by atoms with Gasteiger partial charge in [0.25, 0.3) is 0 Å². The van der Waals surface area contributed by atoms with Crippen molar-refractivity contribution in [3.05, 3.63) is 12.2 Å². The summed E-state index contributed by atoms with van der Waals surface area (Å²) in [5, 5.41) is 8.55. The summed E-state index contributed by atoms with van der Waals surface area (Å²) in [6.07, 6.45) is 23.3. The maximum absolute atomic E-state index is 10.4. The zero-order valence-electron chi connectivity index (χ0n) is 15.7. The van der Waals surface area contributed by atoms with Crippen molar-refractivity contribution >= 4 is 5.97 Å². The van der Waals surface area contributed by atoms with Gasteiger partial charge in [-0.05, 0) is 25.7 Å². The molecule has 140 valence electrons. The molecule has 1 N–H and O–H groups in total. The van der Waals surface area contributed by atoms with Gasteiger partial charge in [-0.25, -0.2) is 0 Å². The Bertz CT molecular complexity index is 338. The maximum Gasteiger partial charge on any atom is 0.303 e. The number of epoxide rings is 1. The summed E-state index contributed by atoms with van der Waals surface area (Å²) in [6.45, 7) is 2.21. The molecular weight excluding hydrogens is 300 g/mol. The molecule has 0 aromatic heterocycles. The molecule has 0 spiro atoms. The van der Waals surface area contributed by atoms with Crippen LogP contribution < -0.4 is 0 Å². The molecule has 0 aliphatic carbocycles. The van der Waals surface area contributed by atoms with Crippen LogP contribution in [0.15, 0.2) is 12.2 Å². The summed E-state index contributed by atoms with van der Waals surface area (Å²) in [5.74, 6) is -0.660. The highest BCUT2D eigenvalue weighted by atomic mass is 16.6. The number of carbonyl (C=O) groups is 1. The first-order chi connectivity index (χ1) is 11.7. The molecule has 1 aliphatic rings. The number of hydrogen-bond donors (Lipinski definition) is 1. The second-order valence-electron chi connectivity index (χ2n) is 7.18. The molecule has 0 amide bonds. The molecule has 1 rings (SSSR count). The van der Waals surface area contributed by atoms with Crippen LogP contribution in [0.2, 0.25) is 0 Å². The van der Waals surface area contributed by atoms with E-state index in [4.69, 9.17) is 9.84 Å². The fourth-order valence-corrected chi connectivity index (χ4v) is 3.20. The van der Waals surface area contributed by atoms with Gasteiger partial charge in [0.2, 0.25) is 0 Å². The van der Waals surface area contributed by atoms with Crippen molar-refractivity contribution < 1.29 is 14.6 Å². The molecule has 1 fully saturated rings. The van der Waals surface area contributed by atoms with Crippen LogP contribution in [0.5, 0.6) is 0 Å². The van der Waals surface area contributed by atoms with Gasteiger partial charge in [-0.2, -0.15) is 0 Å². The minimum absolute atomic E-state index is 0.336.